The van der Waals surface area contributed by atoms with Crippen LogP contribution in [0.4, 0.5) is 22.1 Å². The van der Waals surface area contributed by atoms with E-state index >= 15 is 0 Å². The number of anilines is 3. The number of amides is 1. The van der Waals surface area contributed by atoms with E-state index in [4.69, 9.17) is 19.2 Å². The van der Waals surface area contributed by atoms with Crippen LogP contribution in [0.15, 0.2) is 122 Å². The molecule has 1 amide bonds. The van der Waals surface area contributed by atoms with Gasteiger partial charge in [0.05, 0.1) is 41.5 Å². The van der Waals surface area contributed by atoms with Gasteiger partial charge in [0.25, 0.3) is 0 Å². The molecule has 1 aliphatic heterocycles. The average Bonchev–Trinajstić information content (AvgIpc) is 3.18. The summed E-state index contributed by atoms with van der Waals surface area (Å²) in [7, 11) is -2.07. The first kappa shape index (κ1) is 36.3. The Morgan fingerprint density at radius 3 is 2.41 bits per heavy atom. The Hall–Kier alpha value is -6.05. The second kappa shape index (κ2) is 15.9. The van der Waals surface area contributed by atoms with Crippen LogP contribution < -0.4 is 14.4 Å². The zero-order valence-corrected chi connectivity index (χ0v) is 30.9. The van der Waals surface area contributed by atoms with Gasteiger partial charge in [0.1, 0.15) is 12.4 Å². The van der Waals surface area contributed by atoms with Crippen LogP contribution in [-0.4, -0.2) is 73.0 Å². The predicted octanol–water partition coefficient (Wildman–Crippen LogP) is 7.73. The molecule has 13 heteroatoms. The van der Waals surface area contributed by atoms with Crippen molar-refractivity contribution in [2.75, 3.05) is 36.1 Å². The minimum Gasteiger partial charge on any atom is -0.445 e. The molecule has 1 aliphatic rings. The summed E-state index contributed by atoms with van der Waals surface area (Å²) < 4.78 is 45.6. The van der Waals surface area contributed by atoms with Gasteiger partial charge in [0.2, 0.25) is 21.9 Å². The Labute approximate surface area is 314 Å². The Bertz CT molecular complexity index is 2360. The molecule has 7 rings (SSSR count). The molecule has 0 spiro atoms. The number of carbonyl (C=O) groups excluding carboxylic acids is 1. The SMILES string of the molecule is COC1CC(Nc2nccc(-c3cccnc3Oc3c(C)ccc4c(N(c5ccccc5)S(C)(=O)=O)cccc34)n2)CN(C(=O)OCc2ccccc2)C1. The van der Waals surface area contributed by atoms with Crippen molar-refractivity contribution in [1.82, 2.24) is 19.9 Å². The highest BCUT2D eigenvalue weighted by atomic mass is 32.2. The fraction of sp³-hybridized carbons (Fsp3) is 0.220. The number of sulfonamides is 1. The van der Waals surface area contributed by atoms with Crippen molar-refractivity contribution < 1.29 is 27.4 Å². The van der Waals surface area contributed by atoms with Crippen LogP contribution in [0.1, 0.15) is 17.5 Å². The largest absolute Gasteiger partial charge is 0.445 e. The molecule has 6 aromatic rings. The van der Waals surface area contributed by atoms with E-state index < -0.39 is 16.1 Å². The van der Waals surface area contributed by atoms with Crippen molar-refractivity contribution in [3.63, 3.8) is 0 Å². The molecule has 2 unspecified atom stereocenters. The van der Waals surface area contributed by atoms with Crippen LogP contribution in [0.5, 0.6) is 11.6 Å². The number of benzene rings is 4. The number of methoxy groups -OCH3 is 1. The van der Waals surface area contributed by atoms with Gasteiger partial charge in [0, 0.05) is 42.9 Å². The van der Waals surface area contributed by atoms with Crippen LogP contribution in [-0.2, 0) is 26.1 Å². The second-order valence-corrected chi connectivity index (χ2v) is 14.9. The second-order valence-electron chi connectivity index (χ2n) is 13.1. The van der Waals surface area contributed by atoms with E-state index in [2.05, 4.69) is 15.3 Å². The number of hydrogen-bond donors (Lipinski definition) is 1. The number of aryl methyl sites for hydroxylation is 1. The van der Waals surface area contributed by atoms with Crippen molar-refractivity contribution in [1.29, 1.82) is 0 Å². The number of rotatable bonds is 11. The molecule has 54 heavy (non-hydrogen) atoms. The number of likely N-dealkylation sites (tertiary alicyclic amines) is 1. The van der Waals surface area contributed by atoms with Gasteiger partial charge in [-0.3, -0.25) is 0 Å². The van der Waals surface area contributed by atoms with Crippen molar-refractivity contribution >= 4 is 44.2 Å². The van der Waals surface area contributed by atoms with E-state index in [-0.39, 0.29) is 18.8 Å². The zero-order valence-electron chi connectivity index (χ0n) is 30.1. The first-order valence-electron chi connectivity index (χ1n) is 17.5. The summed E-state index contributed by atoms with van der Waals surface area (Å²) in [6, 6.07) is 33.1. The number of pyridine rings is 1. The third-order valence-electron chi connectivity index (χ3n) is 9.17. The lowest BCUT2D eigenvalue weighted by atomic mass is 10.0. The van der Waals surface area contributed by atoms with E-state index in [0.29, 0.717) is 65.1 Å². The molecule has 3 heterocycles. The van der Waals surface area contributed by atoms with Crippen LogP contribution in [0.3, 0.4) is 0 Å². The number of piperidine rings is 1. The van der Waals surface area contributed by atoms with Crippen LogP contribution in [0, 0.1) is 6.92 Å². The molecule has 4 aromatic carbocycles. The molecule has 1 N–H and O–H groups in total. The molecular weight excluding hydrogens is 705 g/mol. The monoisotopic (exact) mass is 744 g/mol. The maximum atomic E-state index is 13.2. The first-order valence-corrected chi connectivity index (χ1v) is 19.3. The summed E-state index contributed by atoms with van der Waals surface area (Å²) >= 11 is 0. The molecule has 276 valence electrons. The number of fused-ring (bicyclic) bond motifs is 1. The van der Waals surface area contributed by atoms with Crippen molar-refractivity contribution in [2.45, 2.75) is 32.1 Å². The molecule has 12 nitrogen and oxygen atoms in total. The fourth-order valence-corrected chi connectivity index (χ4v) is 7.64. The first-order chi connectivity index (χ1) is 26.2. The molecule has 0 aliphatic carbocycles. The number of para-hydroxylation sites is 1. The standard InChI is InChI=1S/C41H40N6O6S/c1-28-19-20-33-34(16-10-18-37(33)47(54(3,49)50)31-14-8-5-9-15-31)38(28)53-39-35(17-11-22-42-39)36-21-23-43-40(45-36)44-30-24-32(51-2)26-46(25-30)41(48)52-27-29-12-6-4-7-13-29/h4-23,30,32H,24-27H2,1-3H3,(H,43,44,45). The summed E-state index contributed by atoms with van der Waals surface area (Å²) in [5.41, 5.74) is 3.97. The third kappa shape index (κ3) is 8.12. The molecular formula is C41H40N6O6S. The average molecular weight is 745 g/mol. The number of hydrogen-bond acceptors (Lipinski definition) is 10. The Morgan fingerprint density at radius 1 is 0.870 bits per heavy atom. The Morgan fingerprint density at radius 2 is 1.65 bits per heavy atom. The van der Waals surface area contributed by atoms with Gasteiger partial charge < -0.3 is 24.4 Å². The van der Waals surface area contributed by atoms with E-state index in [1.807, 2.05) is 73.7 Å². The molecule has 1 fully saturated rings. The molecule has 1 saturated heterocycles. The third-order valence-corrected chi connectivity index (χ3v) is 10.2. The fourth-order valence-electron chi connectivity index (χ4n) is 6.62. The highest BCUT2D eigenvalue weighted by Crippen LogP contribution is 2.41. The summed E-state index contributed by atoms with van der Waals surface area (Å²) in [6.07, 6.45) is 4.50. The van der Waals surface area contributed by atoms with Gasteiger partial charge in [-0.2, -0.15) is 0 Å². The number of nitrogens with one attached hydrogen (secondary N) is 1. The van der Waals surface area contributed by atoms with Crippen LogP contribution in [0.2, 0.25) is 0 Å². The maximum absolute atomic E-state index is 13.2. The Kier molecular flexibility index (Phi) is 10.7. The lowest BCUT2D eigenvalue weighted by molar-refractivity contribution is 0.0180. The van der Waals surface area contributed by atoms with Gasteiger partial charge in [-0.05, 0) is 60.9 Å². The highest BCUT2D eigenvalue weighted by Gasteiger charge is 2.32. The highest BCUT2D eigenvalue weighted by molar-refractivity contribution is 7.92. The number of nitrogens with zero attached hydrogens (tertiary/aromatic N) is 5. The van der Waals surface area contributed by atoms with Gasteiger partial charge in [0.15, 0.2) is 0 Å². The van der Waals surface area contributed by atoms with Crippen LogP contribution >= 0.6 is 0 Å². The smallest absolute Gasteiger partial charge is 0.410 e. The van der Waals surface area contributed by atoms with E-state index in [9.17, 15) is 13.2 Å². The minimum absolute atomic E-state index is 0.179. The maximum Gasteiger partial charge on any atom is 0.410 e. The molecule has 2 aromatic heterocycles. The molecule has 2 atom stereocenters. The van der Waals surface area contributed by atoms with Gasteiger partial charge in [-0.15, -0.1) is 0 Å². The van der Waals surface area contributed by atoms with Crippen LogP contribution in [0.25, 0.3) is 22.0 Å². The van der Waals surface area contributed by atoms with Crippen molar-refractivity contribution in [3.8, 4) is 22.9 Å². The number of aromatic nitrogens is 3. The number of carbonyl (C=O) groups is 1. The number of ether oxygens (including phenoxy) is 3. The topological polar surface area (TPSA) is 136 Å². The van der Waals surface area contributed by atoms with Crippen molar-refractivity contribution in [3.05, 3.63) is 133 Å². The van der Waals surface area contributed by atoms with Crippen molar-refractivity contribution in [2.24, 2.45) is 0 Å². The van der Waals surface area contributed by atoms with E-state index in [1.165, 1.54) is 10.6 Å². The quantitative estimate of drug-likeness (QED) is 0.140. The molecule has 0 bridgehead atoms. The summed E-state index contributed by atoms with van der Waals surface area (Å²) in [5.74, 6) is 1.22. The normalized spacial score (nSPS) is 15.8. The lowest BCUT2D eigenvalue weighted by Crippen LogP contribution is -2.51. The summed E-state index contributed by atoms with van der Waals surface area (Å²) in [4.78, 5) is 28.6. The Balaban J connectivity index is 1.14. The van der Waals surface area contributed by atoms with Gasteiger partial charge in [-0.25, -0.2) is 32.5 Å². The molecule has 0 saturated carbocycles. The predicted molar refractivity (Wildman–Crippen MR) is 208 cm³/mol. The van der Waals surface area contributed by atoms with E-state index in [0.717, 1.165) is 16.5 Å². The van der Waals surface area contributed by atoms with Gasteiger partial charge in [-0.1, -0.05) is 72.8 Å². The summed E-state index contributed by atoms with van der Waals surface area (Å²) in [6.45, 7) is 2.90. The van der Waals surface area contributed by atoms with E-state index in [1.54, 1.807) is 66.9 Å². The van der Waals surface area contributed by atoms with Gasteiger partial charge >= 0.3 is 6.09 Å². The summed E-state index contributed by atoms with van der Waals surface area (Å²) in [5, 5.41) is 4.80. The minimum atomic E-state index is -3.70. The lowest BCUT2D eigenvalue weighted by Gasteiger charge is -2.36. The molecule has 0 radical (unpaired) electrons. The zero-order chi connectivity index (χ0) is 37.7.